The van der Waals surface area contributed by atoms with E-state index < -0.39 is 0 Å². The number of aryl methyl sites for hydroxylation is 2. The smallest absolute Gasteiger partial charge is 0.220 e. The Labute approximate surface area is 117 Å². The monoisotopic (exact) mass is 274 g/mol. The van der Waals surface area contributed by atoms with Crippen molar-refractivity contribution < 1.29 is 14.1 Å². The van der Waals surface area contributed by atoms with E-state index in [4.69, 9.17) is 9.26 Å². The van der Waals surface area contributed by atoms with Crippen LogP contribution < -0.4 is 10.1 Å². The summed E-state index contributed by atoms with van der Waals surface area (Å²) >= 11 is 0. The number of hydrogen-bond donors (Lipinski definition) is 1. The molecule has 0 aliphatic rings. The Hall–Kier alpha value is -2.30. The standard InChI is InChI=1S/C15H18N2O3/c1-11-8-13(17-20-11)10-16-15(18)7-6-12-4-3-5-14(9-12)19-2/h3-5,8-9H,6-7,10H2,1-2H3,(H,16,18). The van der Waals surface area contributed by atoms with Crippen molar-refractivity contribution in [1.29, 1.82) is 0 Å². The maximum absolute atomic E-state index is 11.8. The maximum atomic E-state index is 11.8. The normalized spacial score (nSPS) is 10.3. The first-order chi connectivity index (χ1) is 9.67. The van der Waals surface area contributed by atoms with Crippen LogP contribution in [0.4, 0.5) is 0 Å². The number of rotatable bonds is 6. The van der Waals surface area contributed by atoms with Crippen LogP contribution >= 0.6 is 0 Å². The molecule has 0 unspecified atom stereocenters. The summed E-state index contributed by atoms with van der Waals surface area (Å²) in [5.41, 5.74) is 1.81. The first-order valence-corrected chi connectivity index (χ1v) is 6.49. The second-order valence-electron chi connectivity index (χ2n) is 4.56. The van der Waals surface area contributed by atoms with Crippen molar-refractivity contribution in [3.63, 3.8) is 0 Å². The van der Waals surface area contributed by atoms with Gasteiger partial charge in [0, 0.05) is 12.5 Å². The third-order valence-electron chi connectivity index (χ3n) is 2.92. The van der Waals surface area contributed by atoms with E-state index in [1.165, 1.54) is 0 Å². The van der Waals surface area contributed by atoms with Gasteiger partial charge in [0.15, 0.2) is 0 Å². The fraction of sp³-hybridized carbons (Fsp3) is 0.333. The zero-order valence-corrected chi connectivity index (χ0v) is 11.7. The highest BCUT2D eigenvalue weighted by Gasteiger charge is 2.05. The average molecular weight is 274 g/mol. The molecule has 0 radical (unpaired) electrons. The zero-order valence-electron chi connectivity index (χ0n) is 11.7. The highest BCUT2D eigenvalue weighted by atomic mass is 16.5. The molecule has 0 bridgehead atoms. The molecule has 2 aromatic rings. The summed E-state index contributed by atoms with van der Waals surface area (Å²) in [7, 11) is 1.63. The molecule has 0 saturated carbocycles. The number of benzene rings is 1. The van der Waals surface area contributed by atoms with Gasteiger partial charge in [-0.15, -0.1) is 0 Å². The van der Waals surface area contributed by atoms with E-state index in [-0.39, 0.29) is 5.91 Å². The summed E-state index contributed by atoms with van der Waals surface area (Å²) in [5.74, 6) is 1.54. The summed E-state index contributed by atoms with van der Waals surface area (Å²) in [5, 5.41) is 6.64. The molecule has 0 aliphatic carbocycles. The van der Waals surface area contributed by atoms with Crippen LogP contribution in [0.3, 0.4) is 0 Å². The number of nitrogens with one attached hydrogen (secondary N) is 1. The van der Waals surface area contributed by atoms with Crippen molar-refractivity contribution in [3.05, 3.63) is 47.3 Å². The predicted octanol–water partition coefficient (Wildman–Crippen LogP) is 2.24. The molecule has 0 aliphatic heterocycles. The molecule has 1 amide bonds. The Morgan fingerprint density at radius 1 is 1.40 bits per heavy atom. The third-order valence-corrected chi connectivity index (χ3v) is 2.92. The van der Waals surface area contributed by atoms with Crippen molar-refractivity contribution in [2.24, 2.45) is 0 Å². The molecule has 20 heavy (non-hydrogen) atoms. The molecule has 5 nitrogen and oxygen atoms in total. The largest absolute Gasteiger partial charge is 0.497 e. The Morgan fingerprint density at radius 3 is 2.95 bits per heavy atom. The number of ether oxygens (including phenoxy) is 1. The topological polar surface area (TPSA) is 64.4 Å². The van der Waals surface area contributed by atoms with Gasteiger partial charge in [-0.3, -0.25) is 4.79 Å². The van der Waals surface area contributed by atoms with Crippen LogP contribution in [0.1, 0.15) is 23.4 Å². The molecule has 1 aromatic carbocycles. The van der Waals surface area contributed by atoms with Crippen molar-refractivity contribution in [3.8, 4) is 5.75 Å². The van der Waals surface area contributed by atoms with Gasteiger partial charge in [0.2, 0.25) is 5.91 Å². The number of amides is 1. The Morgan fingerprint density at radius 2 is 2.25 bits per heavy atom. The van der Waals surface area contributed by atoms with E-state index in [1.54, 1.807) is 7.11 Å². The van der Waals surface area contributed by atoms with Gasteiger partial charge in [0.1, 0.15) is 17.2 Å². The van der Waals surface area contributed by atoms with E-state index in [0.717, 1.165) is 22.8 Å². The molecule has 0 spiro atoms. The highest BCUT2D eigenvalue weighted by molar-refractivity contribution is 5.76. The fourth-order valence-electron chi connectivity index (χ4n) is 1.86. The lowest BCUT2D eigenvalue weighted by Gasteiger charge is -2.05. The van der Waals surface area contributed by atoms with Crippen LogP contribution in [0.5, 0.6) is 5.75 Å². The molecule has 0 fully saturated rings. The Balaban J connectivity index is 1.77. The van der Waals surface area contributed by atoms with Gasteiger partial charge in [0.25, 0.3) is 0 Å². The predicted molar refractivity (Wildman–Crippen MR) is 74.4 cm³/mol. The number of nitrogens with zero attached hydrogens (tertiary/aromatic N) is 1. The lowest BCUT2D eigenvalue weighted by molar-refractivity contribution is -0.121. The molecular formula is C15H18N2O3. The fourth-order valence-corrected chi connectivity index (χ4v) is 1.86. The van der Waals surface area contributed by atoms with Gasteiger partial charge in [-0.2, -0.15) is 0 Å². The first kappa shape index (κ1) is 14.1. The minimum atomic E-state index is -0.00604. The van der Waals surface area contributed by atoms with Gasteiger partial charge in [-0.1, -0.05) is 17.3 Å². The lowest BCUT2D eigenvalue weighted by Crippen LogP contribution is -2.23. The Kier molecular flexibility index (Phi) is 4.76. The zero-order chi connectivity index (χ0) is 14.4. The van der Waals surface area contributed by atoms with Crippen LogP contribution in [-0.2, 0) is 17.8 Å². The number of carbonyl (C=O) groups is 1. The number of hydrogen-bond acceptors (Lipinski definition) is 4. The molecule has 0 atom stereocenters. The SMILES string of the molecule is COc1cccc(CCC(=O)NCc2cc(C)on2)c1. The van der Waals surface area contributed by atoms with Gasteiger partial charge >= 0.3 is 0 Å². The number of methoxy groups -OCH3 is 1. The van der Waals surface area contributed by atoms with E-state index in [0.29, 0.717) is 19.4 Å². The molecular weight excluding hydrogens is 256 g/mol. The minimum absolute atomic E-state index is 0.00604. The molecule has 1 heterocycles. The molecule has 0 saturated heterocycles. The third kappa shape index (κ3) is 4.12. The number of carbonyl (C=O) groups excluding carboxylic acids is 1. The van der Waals surface area contributed by atoms with Crippen LogP contribution in [0.25, 0.3) is 0 Å². The average Bonchev–Trinajstić information content (AvgIpc) is 2.89. The van der Waals surface area contributed by atoms with Crippen molar-refractivity contribution in [2.75, 3.05) is 7.11 Å². The number of aromatic nitrogens is 1. The first-order valence-electron chi connectivity index (χ1n) is 6.49. The maximum Gasteiger partial charge on any atom is 0.220 e. The molecule has 5 heteroatoms. The Bertz CT molecular complexity index is 578. The summed E-state index contributed by atoms with van der Waals surface area (Å²) in [6, 6.07) is 9.54. The van der Waals surface area contributed by atoms with Crippen LogP contribution in [-0.4, -0.2) is 18.2 Å². The van der Waals surface area contributed by atoms with E-state index in [2.05, 4.69) is 10.5 Å². The molecule has 2 rings (SSSR count). The summed E-state index contributed by atoms with van der Waals surface area (Å²) in [4.78, 5) is 11.8. The molecule has 1 aromatic heterocycles. The molecule has 1 N–H and O–H groups in total. The van der Waals surface area contributed by atoms with Gasteiger partial charge in [-0.25, -0.2) is 0 Å². The van der Waals surface area contributed by atoms with E-state index in [9.17, 15) is 4.79 Å². The molecule has 106 valence electrons. The van der Waals surface area contributed by atoms with Crippen molar-refractivity contribution in [1.82, 2.24) is 10.5 Å². The van der Waals surface area contributed by atoms with Gasteiger partial charge in [-0.05, 0) is 31.0 Å². The summed E-state index contributed by atoms with van der Waals surface area (Å²) < 4.78 is 10.1. The van der Waals surface area contributed by atoms with Crippen LogP contribution in [0.15, 0.2) is 34.9 Å². The van der Waals surface area contributed by atoms with E-state index >= 15 is 0 Å². The highest BCUT2D eigenvalue weighted by Crippen LogP contribution is 2.13. The van der Waals surface area contributed by atoms with E-state index in [1.807, 2.05) is 37.3 Å². The van der Waals surface area contributed by atoms with Crippen molar-refractivity contribution >= 4 is 5.91 Å². The van der Waals surface area contributed by atoms with Gasteiger partial charge < -0.3 is 14.6 Å². The van der Waals surface area contributed by atoms with Gasteiger partial charge in [0.05, 0.1) is 13.7 Å². The summed E-state index contributed by atoms with van der Waals surface area (Å²) in [6.07, 6.45) is 1.12. The quantitative estimate of drug-likeness (QED) is 0.877. The van der Waals surface area contributed by atoms with Crippen LogP contribution in [0, 0.1) is 6.92 Å². The second-order valence-corrected chi connectivity index (χ2v) is 4.56. The van der Waals surface area contributed by atoms with Crippen molar-refractivity contribution in [2.45, 2.75) is 26.3 Å². The second kappa shape index (κ2) is 6.75. The van der Waals surface area contributed by atoms with Crippen LogP contribution in [0.2, 0.25) is 0 Å². The minimum Gasteiger partial charge on any atom is -0.497 e. The lowest BCUT2D eigenvalue weighted by atomic mass is 10.1. The summed E-state index contributed by atoms with van der Waals surface area (Å²) in [6.45, 7) is 2.22.